The van der Waals surface area contributed by atoms with Crippen LogP contribution in [0.5, 0.6) is 5.75 Å². The first-order valence-electron chi connectivity index (χ1n) is 8.80. The van der Waals surface area contributed by atoms with E-state index < -0.39 is 28.4 Å². The van der Waals surface area contributed by atoms with Gasteiger partial charge in [0.25, 0.3) is 11.6 Å². The number of aromatic nitrogens is 1. The van der Waals surface area contributed by atoms with Crippen LogP contribution in [0.2, 0.25) is 0 Å². The van der Waals surface area contributed by atoms with Crippen molar-refractivity contribution < 1.29 is 18.8 Å². The third-order valence-electron chi connectivity index (χ3n) is 4.26. The molecule has 0 spiro atoms. The van der Waals surface area contributed by atoms with E-state index in [-0.39, 0.29) is 5.56 Å². The van der Waals surface area contributed by atoms with E-state index in [1.165, 1.54) is 0 Å². The molecule has 148 valence electrons. The predicted octanol–water partition coefficient (Wildman–Crippen LogP) is 4.20. The molecule has 0 saturated heterocycles. The van der Waals surface area contributed by atoms with Gasteiger partial charge in [-0.3, -0.25) is 19.9 Å². The largest absolute Gasteiger partial charge is 0.489 e. The summed E-state index contributed by atoms with van der Waals surface area (Å²) in [7, 11) is 0. The molecule has 0 aliphatic rings. The van der Waals surface area contributed by atoms with Crippen molar-refractivity contribution >= 4 is 11.6 Å². The fraction of sp³-hybridized carbons (Fsp3) is 0.143. The van der Waals surface area contributed by atoms with Crippen LogP contribution in [-0.2, 0) is 6.61 Å². The van der Waals surface area contributed by atoms with Crippen molar-refractivity contribution in [3.05, 3.63) is 99.6 Å². The molecule has 7 nitrogen and oxygen atoms in total. The summed E-state index contributed by atoms with van der Waals surface area (Å²) in [6.07, 6.45) is 3.42. The normalized spacial score (nSPS) is 11.5. The number of nitrogens with one attached hydrogen (secondary N) is 1. The van der Waals surface area contributed by atoms with E-state index in [1.54, 1.807) is 43.6 Å². The minimum Gasteiger partial charge on any atom is -0.489 e. The van der Waals surface area contributed by atoms with Crippen molar-refractivity contribution in [2.24, 2.45) is 0 Å². The lowest BCUT2D eigenvalue weighted by Gasteiger charge is -2.15. The number of nitro benzene ring substituents is 1. The zero-order valence-corrected chi connectivity index (χ0v) is 15.5. The van der Waals surface area contributed by atoms with Crippen LogP contribution in [0.4, 0.5) is 10.1 Å². The average molecular weight is 395 g/mol. The van der Waals surface area contributed by atoms with E-state index in [2.05, 4.69) is 10.3 Å². The molecule has 0 saturated carbocycles. The molecule has 1 aromatic heterocycles. The summed E-state index contributed by atoms with van der Waals surface area (Å²) in [6, 6.07) is 13.4. The van der Waals surface area contributed by atoms with Crippen LogP contribution in [-0.4, -0.2) is 15.8 Å². The lowest BCUT2D eigenvalue weighted by Crippen LogP contribution is -2.27. The number of ether oxygens (including phenoxy) is 1. The molecular formula is C21H18FN3O4. The molecule has 0 aliphatic carbocycles. The molecule has 3 rings (SSSR count). The minimum atomic E-state index is -0.942. The first-order chi connectivity index (χ1) is 13.9. The van der Waals surface area contributed by atoms with E-state index in [9.17, 15) is 19.3 Å². The summed E-state index contributed by atoms with van der Waals surface area (Å²) < 4.78 is 19.7. The molecule has 1 heterocycles. The second-order valence-corrected chi connectivity index (χ2v) is 6.34. The third-order valence-corrected chi connectivity index (χ3v) is 4.26. The van der Waals surface area contributed by atoms with Crippen LogP contribution >= 0.6 is 0 Å². The number of non-ortho nitro benzene ring substituents is 1. The standard InChI is InChI=1S/C21H18FN3O4/c1-14(24-21(26)19-9-6-17(25(27)28)11-20(19)22)16-4-7-18(8-5-16)29-13-15-3-2-10-23-12-15/h2-12,14H,13H2,1H3,(H,24,26). The first kappa shape index (κ1) is 19.9. The lowest BCUT2D eigenvalue weighted by atomic mass is 10.1. The van der Waals surface area contributed by atoms with Gasteiger partial charge in [-0.05, 0) is 36.8 Å². The molecule has 0 bridgehead atoms. The zero-order chi connectivity index (χ0) is 20.8. The van der Waals surface area contributed by atoms with Crippen molar-refractivity contribution in [1.29, 1.82) is 0 Å². The average Bonchev–Trinajstić information content (AvgIpc) is 2.73. The van der Waals surface area contributed by atoms with Crippen LogP contribution in [0.25, 0.3) is 0 Å². The Morgan fingerprint density at radius 1 is 1.24 bits per heavy atom. The number of benzene rings is 2. The summed E-state index contributed by atoms with van der Waals surface area (Å²) in [5.41, 5.74) is 1.09. The van der Waals surface area contributed by atoms with Crippen LogP contribution in [0.3, 0.4) is 0 Å². The maximum Gasteiger partial charge on any atom is 0.272 e. The van der Waals surface area contributed by atoms with Gasteiger partial charge in [-0.1, -0.05) is 18.2 Å². The quantitative estimate of drug-likeness (QED) is 0.478. The molecule has 1 unspecified atom stereocenters. The van der Waals surface area contributed by atoms with Crippen LogP contribution in [0.1, 0.15) is 34.5 Å². The van der Waals surface area contributed by atoms with E-state index >= 15 is 0 Å². The van der Waals surface area contributed by atoms with Crippen LogP contribution in [0, 0.1) is 15.9 Å². The molecule has 1 atom stereocenters. The number of amides is 1. The molecule has 3 aromatic rings. The summed E-state index contributed by atoms with van der Waals surface area (Å²) in [4.78, 5) is 26.3. The Balaban J connectivity index is 1.61. The van der Waals surface area contributed by atoms with Gasteiger partial charge in [0.1, 0.15) is 18.2 Å². The molecular weight excluding hydrogens is 377 g/mol. The number of nitro groups is 1. The molecule has 8 heteroatoms. The highest BCUT2D eigenvalue weighted by molar-refractivity contribution is 5.95. The smallest absolute Gasteiger partial charge is 0.272 e. The Morgan fingerprint density at radius 3 is 2.62 bits per heavy atom. The molecule has 0 fully saturated rings. The van der Waals surface area contributed by atoms with Crippen LogP contribution in [0.15, 0.2) is 67.0 Å². The van der Waals surface area contributed by atoms with Gasteiger partial charge < -0.3 is 10.1 Å². The fourth-order valence-electron chi connectivity index (χ4n) is 2.66. The predicted molar refractivity (Wildman–Crippen MR) is 104 cm³/mol. The number of rotatable bonds is 7. The molecule has 0 radical (unpaired) electrons. The lowest BCUT2D eigenvalue weighted by molar-refractivity contribution is -0.385. The van der Waals surface area contributed by atoms with Crippen molar-refractivity contribution in [3.8, 4) is 5.75 Å². The number of carbonyl (C=O) groups excluding carboxylic acids is 1. The van der Waals surface area contributed by atoms with E-state index in [1.807, 2.05) is 12.1 Å². The number of nitrogens with zero attached hydrogens (tertiary/aromatic N) is 2. The minimum absolute atomic E-state index is 0.251. The van der Waals surface area contributed by atoms with Gasteiger partial charge in [-0.25, -0.2) is 4.39 Å². The van der Waals surface area contributed by atoms with E-state index in [0.29, 0.717) is 12.4 Å². The molecule has 29 heavy (non-hydrogen) atoms. The van der Waals surface area contributed by atoms with Gasteiger partial charge in [0.05, 0.1) is 22.6 Å². The van der Waals surface area contributed by atoms with Crippen molar-refractivity contribution in [2.75, 3.05) is 0 Å². The maximum absolute atomic E-state index is 14.0. The fourth-order valence-corrected chi connectivity index (χ4v) is 2.66. The van der Waals surface area contributed by atoms with Crippen molar-refractivity contribution in [1.82, 2.24) is 10.3 Å². The second-order valence-electron chi connectivity index (χ2n) is 6.34. The summed E-state index contributed by atoms with van der Waals surface area (Å²) >= 11 is 0. The van der Waals surface area contributed by atoms with E-state index in [0.717, 1.165) is 29.3 Å². The topological polar surface area (TPSA) is 94.4 Å². The van der Waals surface area contributed by atoms with Gasteiger partial charge in [0.15, 0.2) is 0 Å². The molecule has 1 amide bonds. The highest BCUT2D eigenvalue weighted by Gasteiger charge is 2.18. The summed E-state index contributed by atoms with van der Waals surface area (Å²) in [6.45, 7) is 2.14. The van der Waals surface area contributed by atoms with Gasteiger partial charge >= 0.3 is 0 Å². The number of pyridine rings is 1. The Hall–Kier alpha value is -3.81. The maximum atomic E-state index is 14.0. The SMILES string of the molecule is CC(NC(=O)c1ccc([N+](=O)[O-])cc1F)c1ccc(OCc2cccnc2)cc1. The second kappa shape index (κ2) is 8.92. The number of carbonyl (C=O) groups is 1. The zero-order valence-electron chi connectivity index (χ0n) is 15.5. The Labute approximate surface area is 166 Å². The Morgan fingerprint density at radius 2 is 2.00 bits per heavy atom. The van der Waals surface area contributed by atoms with Gasteiger partial charge in [-0.2, -0.15) is 0 Å². The van der Waals surface area contributed by atoms with E-state index in [4.69, 9.17) is 4.74 Å². The monoisotopic (exact) mass is 395 g/mol. The molecule has 2 aromatic carbocycles. The number of hydrogen-bond donors (Lipinski definition) is 1. The highest BCUT2D eigenvalue weighted by Crippen LogP contribution is 2.21. The van der Waals surface area contributed by atoms with Gasteiger partial charge in [0.2, 0.25) is 0 Å². The summed E-state index contributed by atoms with van der Waals surface area (Å²) in [5.74, 6) is -0.928. The third kappa shape index (κ3) is 5.13. The van der Waals surface area contributed by atoms with Gasteiger partial charge in [-0.15, -0.1) is 0 Å². The number of hydrogen-bond acceptors (Lipinski definition) is 5. The van der Waals surface area contributed by atoms with Crippen molar-refractivity contribution in [3.63, 3.8) is 0 Å². The van der Waals surface area contributed by atoms with Crippen molar-refractivity contribution in [2.45, 2.75) is 19.6 Å². The molecule has 0 aliphatic heterocycles. The van der Waals surface area contributed by atoms with Crippen LogP contribution < -0.4 is 10.1 Å². The number of halogens is 1. The first-order valence-corrected chi connectivity index (χ1v) is 8.80. The molecule has 1 N–H and O–H groups in total. The van der Waals surface area contributed by atoms with Gasteiger partial charge in [0, 0.05) is 24.0 Å². The summed E-state index contributed by atoms with van der Waals surface area (Å²) in [5, 5.41) is 13.4. The Kier molecular flexibility index (Phi) is 6.13. The highest BCUT2D eigenvalue weighted by atomic mass is 19.1. The Bertz CT molecular complexity index is 1010.